The second-order valence-electron chi connectivity index (χ2n) is 11.6. The Balaban J connectivity index is 1.18. The van der Waals surface area contributed by atoms with Crippen molar-refractivity contribution in [3.63, 3.8) is 0 Å². The predicted octanol–water partition coefficient (Wildman–Crippen LogP) is 4.42. The summed E-state index contributed by atoms with van der Waals surface area (Å²) in [4.78, 5) is 23.4. The van der Waals surface area contributed by atoms with Crippen molar-refractivity contribution in [2.45, 2.75) is 83.6 Å². The molecule has 0 aliphatic carbocycles. The molecule has 43 heavy (non-hydrogen) atoms. The smallest absolute Gasteiger partial charge is 0.163 e. The van der Waals surface area contributed by atoms with E-state index >= 15 is 0 Å². The number of hydrogen-bond donors (Lipinski definition) is 4. The summed E-state index contributed by atoms with van der Waals surface area (Å²) in [6, 6.07) is 9.06. The van der Waals surface area contributed by atoms with Crippen molar-refractivity contribution in [3.8, 4) is 11.5 Å². The zero-order chi connectivity index (χ0) is 30.3. The number of nitrogens with two attached hydrogens (primary N) is 1. The largest absolute Gasteiger partial charge is 0.504 e. The van der Waals surface area contributed by atoms with Gasteiger partial charge in [0.05, 0.1) is 18.4 Å². The maximum atomic E-state index is 12.4. The molecule has 3 heterocycles. The molecule has 0 spiro atoms. The van der Waals surface area contributed by atoms with Crippen molar-refractivity contribution >= 4 is 18.2 Å². The van der Waals surface area contributed by atoms with Gasteiger partial charge in [0.15, 0.2) is 18.2 Å². The number of aliphatic imine (C=N–C) groups is 2. The van der Waals surface area contributed by atoms with Gasteiger partial charge in [0, 0.05) is 56.4 Å². The highest BCUT2D eigenvalue weighted by molar-refractivity contribution is 5.88. The quantitative estimate of drug-likeness (QED) is 0.227. The summed E-state index contributed by atoms with van der Waals surface area (Å²) in [5, 5.41) is 30.6. The lowest BCUT2D eigenvalue weighted by Gasteiger charge is -2.23. The SMILES string of the molecule is CCCCC[C@@H](O)CC(=O)CCc1ccc(O)c(OCN2C=C3N=CC(Cc4c(CO)ccc5c4CC=N[C@H]5N)=C3C2)c1. The Hall–Kier alpha value is -3.79. The summed E-state index contributed by atoms with van der Waals surface area (Å²) in [5.41, 5.74) is 14.3. The van der Waals surface area contributed by atoms with Crippen LogP contribution in [0.4, 0.5) is 0 Å². The highest BCUT2D eigenvalue weighted by atomic mass is 16.5. The molecular formula is C34H42N4O5. The Labute approximate surface area is 253 Å². The van der Waals surface area contributed by atoms with Crippen LogP contribution in [0.2, 0.25) is 0 Å². The van der Waals surface area contributed by atoms with Crippen LogP contribution < -0.4 is 10.5 Å². The Morgan fingerprint density at radius 1 is 1.23 bits per heavy atom. The number of carbonyl (C=O) groups is 1. The second kappa shape index (κ2) is 14.1. The molecule has 0 fully saturated rings. The average molecular weight is 587 g/mol. The minimum atomic E-state index is -0.575. The molecule has 9 nitrogen and oxygen atoms in total. The zero-order valence-corrected chi connectivity index (χ0v) is 24.8. The summed E-state index contributed by atoms with van der Waals surface area (Å²) < 4.78 is 6.00. The van der Waals surface area contributed by atoms with E-state index in [9.17, 15) is 20.1 Å². The molecule has 0 bridgehead atoms. The summed E-state index contributed by atoms with van der Waals surface area (Å²) in [6.45, 7) is 2.91. The van der Waals surface area contributed by atoms with E-state index < -0.39 is 6.10 Å². The van der Waals surface area contributed by atoms with Gasteiger partial charge < -0.3 is 30.7 Å². The zero-order valence-electron chi connectivity index (χ0n) is 24.8. The first-order valence-electron chi connectivity index (χ1n) is 15.2. The number of Topliss-reactive ketones (excluding diaryl/α,β-unsaturated/α-hetero) is 1. The molecule has 0 aromatic heterocycles. The number of aliphatic hydroxyl groups excluding tert-OH is 2. The van der Waals surface area contributed by atoms with E-state index in [1.165, 1.54) is 0 Å². The van der Waals surface area contributed by atoms with Crippen molar-refractivity contribution < 1.29 is 24.9 Å². The average Bonchev–Trinajstić information content (AvgIpc) is 3.57. The number of phenolic OH excluding ortho intramolecular Hbond substituents is 1. The van der Waals surface area contributed by atoms with Crippen LogP contribution in [0.1, 0.15) is 79.4 Å². The van der Waals surface area contributed by atoms with Crippen LogP contribution in [-0.2, 0) is 30.7 Å². The molecule has 2 aromatic rings. The lowest BCUT2D eigenvalue weighted by molar-refractivity contribution is -0.121. The third-order valence-corrected chi connectivity index (χ3v) is 8.41. The number of aryl methyl sites for hydroxylation is 1. The topological polar surface area (TPSA) is 141 Å². The van der Waals surface area contributed by atoms with Crippen LogP contribution in [0.25, 0.3) is 0 Å². The molecular weight excluding hydrogens is 544 g/mol. The van der Waals surface area contributed by atoms with Gasteiger partial charge in [-0.05, 0) is 58.4 Å². The van der Waals surface area contributed by atoms with Gasteiger partial charge in [0.1, 0.15) is 11.9 Å². The fourth-order valence-electron chi connectivity index (χ4n) is 5.96. The molecule has 2 aromatic carbocycles. The molecule has 0 unspecified atom stereocenters. The number of nitrogens with zero attached hydrogens (tertiary/aromatic N) is 3. The first-order chi connectivity index (χ1) is 20.9. The number of unbranched alkanes of at least 4 members (excludes halogenated alkanes) is 2. The van der Waals surface area contributed by atoms with Gasteiger partial charge in [-0.25, -0.2) is 0 Å². The minimum absolute atomic E-state index is 0.0394. The Kier molecular flexibility index (Phi) is 10.1. The third kappa shape index (κ3) is 7.41. The van der Waals surface area contributed by atoms with E-state index in [1.807, 2.05) is 35.7 Å². The number of rotatable bonds is 15. The van der Waals surface area contributed by atoms with E-state index in [0.717, 1.165) is 63.9 Å². The van der Waals surface area contributed by atoms with Crippen LogP contribution in [0, 0.1) is 0 Å². The molecule has 0 saturated carbocycles. The number of benzene rings is 2. The molecule has 5 rings (SSSR count). The number of hydrogen-bond acceptors (Lipinski definition) is 9. The highest BCUT2D eigenvalue weighted by Gasteiger charge is 2.27. The van der Waals surface area contributed by atoms with Crippen LogP contribution in [0.15, 0.2) is 63.4 Å². The number of aliphatic hydroxyl groups is 2. The van der Waals surface area contributed by atoms with Crippen molar-refractivity contribution in [2.24, 2.45) is 15.7 Å². The Bertz CT molecular complexity index is 1460. The molecule has 0 saturated heterocycles. The van der Waals surface area contributed by atoms with E-state index in [-0.39, 0.29) is 37.5 Å². The molecule has 228 valence electrons. The Morgan fingerprint density at radius 2 is 2.09 bits per heavy atom. The Morgan fingerprint density at radius 3 is 2.91 bits per heavy atom. The van der Waals surface area contributed by atoms with Gasteiger partial charge >= 0.3 is 0 Å². The fourth-order valence-corrected chi connectivity index (χ4v) is 5.96. The van der Waals surface area contributed by atoms with E-state index in [0.29, 0.717) is 44.4 Å². The molecule has 3 aliphatic rings. The molecule has 0 amide bonds. The minimum Gasteiger partial charge on any atom is -0.504 e. The molecule has 3 aliphatic heterocycles. The third-order valence-electron chi connectivity index (χ3n) is 8.41. The number of carbonyl (C=O) groups excluding carboxylic acids is 1. The summed E-state index contributed by atoms with van der Waals surface area (Å²) in [7, 11) is 0. The second-order valence-corrected chi connectivity index (χ2v) is 11.6. The lowest BCUT2D eigenvalue weighted by Crippen LogP contribution is -2.22. The van der Waals surface area contributed by atoms with Crippen molar-refractivity contribution in [1.29, 1.82) is 0 Å². The maximum absolute atomic E-state index is 12.4. The number of ketones is 1. The number of allylic oxidation sites excluding steroid dienone is 1. The first-order valence-corrected chi connectivity index (χ1v) is 15.2. The van der Waals surface area contributed by atoms with Gasteiger partial charge in [-0.15, -0.1) is 0 Å². The van der Waals surface area contributed by atoms with Crippen molar-refractivity contribution in [1.82, 2.24) is 4.90 Å². The van der Waals surface area contributed by atoms with Crippen LogP contribution in [0.3, 0.4) is 0 Å². The molecule has 5 N–H and O–H groups in total. The summed E-state index contributed by atoms with van der Waals surface area (Å²) >= 11 is 0. The van der Waals surface area contributed by atoms with Crippen molar-refractivity contribution in [3.05, 3.63) is 81.2 Å². The number of ether oxygens (including phenoxy) is 1. The summed E-state index contributed by atoms with van der Waals surface area (Å²) in [6.07, 6.45) is 10.9. The van der Waals surface area contributed by atoms with Crippen LogP contribution in [-0.4, -0.2) is 57.8 Å². The molecule has 2 atom stereocenters. The van der Waals surface area contributed by atoms with Gasteiger partial charge in [0.2, 0.25) is 0 Å². The first kappa shape index (κ1) is 30.7. The normalized spacial score (nSPS) is 17.7. The van der Waals surface area contributed by atoms with Gasteiger partial charge in [0.25, 0.3) is 0 Å². The predicted molar refractivity (Wildman–Crippen MR) is 167 cm³/mol. The molecule has 9 heteroatoms. The van der Waals surface area contributed by atoms with Gasteiger partial charge in [-0.2, -0.15) is 0 Å². The molecule has 0 radical (unpaired) electrons. The number of aromatic hydroxyl groups is 1. The van der Waals surface area contributed by atoms with Crippen LogP contribution in [0.5, 0.6) is 11.5 Å². The van der Waals surface area contributed by atoms with Crippen LogP contribution >= 0.6 is 0 Å². The highest BCUT2D eigenvalue weighted by Crippen LogP contribution is 2.35. The monoisotopic (exact) mass is 586 g/mol. The lowest BCUT2D eigenvalue weighted by atomic mass is 9.87. The van der Waals surface area contributed by atoms with Crippen molar-refractivity contribution in [2.75, 3.05) is 13.3 Å². The van der Waals surface area contributed by atoms with Gasteiger partial charge in [-0.1, -0.05) is 44.4 Å². The number of phenols is 1. The van der Waals surface area contributed by atoms with Gasteiger partial charge in [-0.3, -0.25) is 14.8 Å². The maximum Gasteiger partial charge on any atom is 0.163 e. The van der Waals surface area contributed by atoms with E-state index in [4.69, 9.17) is 10.5 Å². The van der Waals surface area contributed by atoms with E-state index in [2.05, 4.69) is 16.9 Å². The van der Waals surface area contributed by atoms with E-state index in [1.54, 1.807) is 18.2 Å². The summed E-state index contributed by atoms with van der Waals surface area (Å²) in [5.74, 6) is 0.440. The number of fused-ring (bicyclic) bond motifs is 2. The fraction of sp³-hybridized carbons (Fsp3) is 0.441. The standard InChI is InChI=1S/C34H42N4O5/c1-2-3-4-5-25(40)16-26(41)9-6-22-7-11-32(42)33(14-22)43-21-38-18-30-24(17-37-31(30)19-38)15-29-23(20-39)8-10-28-27(29)12-13-36-34(28)35/h7-8,10-11,13-14,17,19,25,34,39-40,42H,2-6,9,12,15-16,18,20-21,35H2,1H3/t25-,34-/m1/s1.